The Morgan fingerprint density at radius 3 is 2.47 bits per heavy atom. The van der Waals surface area contributed by atoms with E-state index in [1.165, 1.54) is 25.9 Å². The molecule has 2 N–H and O–H groups in total. The molecule has 1 saturated heterocycles. The van der Waals surface area contributed by atoms with Crippen molar-refractivity contribution >= 4 is 5.91 Å². The zero-order valence-electron chi connectivity index (χ0n) is 11.5. The number of hydrogen-bond donors (Lipinski definition) is 1. The Bertz CT molecular complexity index is 237. The molecule has 1 aliphatic heterocycles. The van der Waals surface area contributed by atoms with Crippen molar-refractivity contribution < 1.29 is 4.79 Å². The second-order valence-electron chi connectivity index (χ2n) is 5.48. The molecule has 100 valence electrons. The summed E-state index contributed by atoms with van der Waals surface area (Å²) in [6, 6.07) is -0.0169. The molecule has 4 nitrogen and oxygen atoms in total. The van der Waals surface area contributed by atoms with Crippen molar-refractivity contribution in [3.05, 3.63) is 0 Å². The van der Waals surface area contributed by atoms with Crippen LogP contribution in [0.1, 0.15) is 33.1 Å². The van der Waals surface area contributed by atoms with Gasteiger partial charge in [0.05, 0.1) is 0 Å². The van der Waals surface area contributed by atoms with Crippen LogP contribution >= 0.6 is 0 Å². The number of rotatable bonds is 6. The molecule has 0 radical (unpaired) electrons. The molecule has 4 heteroatoms. The smallest absolute Gasteiger partial charge is 0.223 e. The van der Waals surface area contributed by atoms with Crippen molar-refractivity contribution in [3.8, 4) is 0 Å². The van der Waals surface area contributed by atoms with Crippen LogP contribution in [0.25, 0.3) is 0 Å². The van der Waals surface area contributed by atoms with Crippen molar-refractivity contribution in [2.24, 2.45) is 11.7 Å². The summed E-state index contributed by atoms with van der Waals surface area (Å²) in [7, 11) is 1.88. The van der Waals surface area contributed by atoms with Gasteiger partial charge in [0.2, 0.25) is 5.91 Å². The van der Waals surface area contributed by atoms with Gasteiger partial charge < -0.3 is 15.5 Å². The van der Waals surface area contributed by atoms with Crippen molar-refractivity contribution in [1.82, 2.24) is 9.80 Å². The Kier molecular flexibility index (Phi) is 5.92. The molecule has 1 aliphatic rings. The van der Waals surface area contributed by atoms with Gasteiger partial charge in [0.25, 0.3) is 0 Å². The van der Waals surface area contributed by atoms with Gasteiger partial charge in [-0.1, -0.05) is 13.8 Å². The van der Waals surface area contributed by atoms with Crippen LogP contribution in [0.2, 0.25) is 0 Å². The Hall–Kier alpha value is -0.610. The van der Waals surface area contributed by atoms with E-state index in [1.54, 1.807) is 0 Å². The van der Waals surface area contributed by atoms with Crippen LogP contribution in [0.3, 0.4) is 0 Å². The fourth-order valence-electron chi connectivity index (χ4n) is 2.02. The number of nitrogens with zero attached hydrogens (tertiary/aromatic N) is 2. The van der Waals surface area contributed by atoms with E-state index in [4.69, 9.17) is 5.73 Å². The molecule has 0 aromatic carbocycles. The van der Waals surface area contributed by atoms with E-state index in [0.717, 1.165) is 13.1 Å². The molecule has 0 bridgehead atoms. The van der Waals surface area contributed by atoms with E-state index in [-0.39, 0.29) is 11.9 Å². The van der Waals surface area contributed by atoms with E-state index >= 15 is 0 Å². The average molecular weight is 241 g/mol. The van der Waals surface area contributed by atoms with Crippen molar-refractivity contribution in [3.63, 3.8) is 0 Å². The first kappa shape index (κ1) is 14.5. The lowest BCUT2D eigenvalue weighted by Crippen LogP contribution is -2.39. The maximum atomic E-state index is 11.9. The molecular formula is C13H27N3O. The maximum absolute atomic E-state index is 11.9. The predicted molar refractivity (Wildman–Crippen MR) is 70.7 cm³/mol. The fourth-order valence-corrected chi connectivity index (χ4v) is 2.02. The van der Waals surface area contributed by atoms with Gasteiger partial charge in [-0.3, -0.25) is 4.79 Å². The number of amides is 1. The first-order chi connectivity index (χ1) is 8.00. The van der Waals surface area contributed by atoms with Crippen LogP contribution < -0.4 is 5.73 Å². The van der Waals surface area contributed by atoms with Crippen LogP contribution in [-0.2, 0) is 4.79 Å². The van der Waals surface area contributed by atoms with Crippen molar-refractivity contribution in [1.29, 1.82) is 0 Å². The lowest BCUT2D eigenvalue weighted by Gasteiger charge is -2.23. The third-order valence-electron chi connectivity index (χ3n) is 3.64. The monoisotopic (exact) mass is 241 g/mol. The van der Waals surface area contributed by atoms with E-state index < -0.39 is 0 Å². The fraction of sp³-hybridized carbons (Fsp3) is 0.923. The highest BCUT2D eigenvalue weighted by atomic mass is 16.2. The van der Waals surface area contributed by atoms with Crippen LogP contribution in [0, 0.1) is 5.92 Å². The molecule has 0 aromatic heterocycles. The molecule has 1 heterocycles. The first-order valence-corrected chi connectivity index (χ1v) is 6.72. The molecule has 1 fully saturated rings. The van der Waals surface area contributed by atoms with Gasteiger partial charge in [-0.25, -0.2) is 0 Å². The van der Waals surface area contributed by atoms with Crippen LogP contribution in [0.5, 0.6) is 0 Å². The molecule has 1 atom stereocenters. The van der Waals surface area contributed by atoms with E-state index in [0.29, 0.717) is 12.3 Å². The SMILES string of the molecule is CC(C)C(N)CC(=O)N(C)CCN1CCCC1. The molecular weight excluding hydrogens is 214 g/mol. The standard InChI is InChI=1S/C13H27N3O/c1-11(2)12(14)10-13(17)15(3)8-9-16-6-4-5-7-16/h11-12H,4-10,14H2,1-3H3. The van der Waals surface area contributed by atoms with Gasteiger partial charge in [-0.2, -0.15) is 0 Å². The number of likely N-dealkylation sites (tertiary alicyclic amines) is 1. The Balaban J connectivity index is 2.21. The summed E-state index contributed by atoms with van der Waals surface area (Å²) in [5.74, 6) is 0.538. The van der Waals surface area contributed by atoms with E-state index in [9.17, 15) is 4.79 Å². The molecule has 1 unspecified atom stereocenters. The Labute approximate surface area is 105 Å². The maximum Gasteiger partial charge on any atom is 0.223 e. The molecule has 1 amide bonds. The number of likely N-dealkylation sites (N-methyl/N-ethyl adjacent to an activating group) is 1. The largest absolute Gasteiger partial charge is 0.344 e. The molecule has 1 rings (SSSR count). The van der Waals surface area contributed by atoms with Crippen LogP contribution in [0.15, 0.2) is 0 Å². The highest BCUT2D eigenvalue weighted by Crippen LogP contribution is 2.08. The van der Waals surface area contributed by atoms with E-state index in [2.05, 4.69) is 18.7 Å². The van der Waals surface area contributed by atoms with Gasteiger partial charge in [0.1, 0.15) is 0 Å². The van der Waals surface area contributed by atoms with Gasteiger partial charge in [0.15, 0.2) is 0 Å². The molecule has 0 aromatic rings. The summed E-state index contributed by atoms with van der Waals surface area (Å²) >= 11 is 0. The second-order valence-corrected chi connectivity index (χ2v) is 5.48. The van der Waals surface area contributed by atoms with Gasteiger partial charge in [-0.15, -0.1) is 0 Å². The minimum atomic E-state index is -0.0169. The topological polar surface area (TPSA) is 49.6 Å². The molecule has 0 saturated carbocycles. The highest BCUT2D eigenvalue weighted by molar-refractivity contribution is 5.76. The van der Waals surface area contributed by atoms with Gasteiger partial charge >= 0.3 is 0 Å². The Morgan fingerprint density at radius 1 is 1.35 bits per heavy atom. The zero-order valence-corrected chi connectivity index (χ0v) is 11.5. The van der Waals surface area contributed by atoms with E-state index in [1.807, 2.05) is 11.9 Å². The first-order valence-electron chi connectivity index (χ1n) is 6.72. The summed E-state index contributed by atoms with van der Waals surface area (Å²) in [5, 5.41) is 0. The van der Waals surface area contributed by atoms with Crippen molar-refractivity contribution in [2.45, 2.75) is 39.2 Å². The number of hydrogen-bond acceptors (Lipinski definition) is 3. The minimum Gasteiger partial charge on any atom is -0.344 e. The highest BCUT2D eigenvalue weighted by Gasteiger charge is 2.17. The minimum absolute atomic E-state index is 0.0169. The van der Waals surface area contributed by atoms with Gasteiger partial charge in [0, 0.05) is 32.6 Å². The second kappa shape index (κ2) is 6.97. The zero-order chi connectivity index (χ0) is 12.8. The summed E-state index contributed by atoms with van der Waals surface area (Å²) in [6.07, 6.45) is 3.07. The number of carbonyl (C=O) groups is 1. The van der Waals surface area contributed by atoms with Crippen molar-refractivity contribution in [2.75, 3.05) is 33.2 Å². The quantitative estimate of drug-likeness (QED) is 0.752. The lowest BCUT2D eigenvalue weighted by molar-refractivity contribution is -0.130. The van der Waals surface area contributed by atoms with Crippen LogP contribution in [-0.4, -0.2) is 55.0 Å². The Morgan fingerprint density at radius 2 is 1.94 bits per heavy atom. The predicted octanol–water partition coefficient (Wildman–Crippen LogP) is 0.914. The summed E-state index contributed by atoms with van der Waals surface area (Å²) in [5.41, 5.74) is 5.92. The lowest BCUT2D eigenvalue weighted by atomic mass is 10.0. The summed E-state index contributed by atoms with van der Waals surface area (Å²) in [4.78, 5) is 16.1. The van der Waals surface area contributed by atoms with Crippen LogP contribution in [0.4, 0.5) is 0 Å². The summed E-state index contributed by atoms with van der Waals surface area (Å²) < 4.78 is 0. The number of nitrogens with two attached hydrogens (primary N) is 1. The molecule has 17 heavy (non-hydrogen) atoms. The third-order valence-corrected chi connectivity index (χ3v) is 3.64. The number of carbonyl (C=O) groups excluding carboxylic acids is 1. The third kappa shape index (κ3) is 5.04. The normalized spacial score (nSPS) is 18.6. The molecule has 0 aliphatic carbocycles. The molecule has 0 spiro atoms. The summed E-state index contributed by atoms with van der Waals surface area (Å²) in [6.45, 7) is 8.31. The average Bonchev–Trinajstić information content (AvgIpc) is 2.78. The van der Waals surface area contributed by atoms with Gasteiger partial charge in [-0.05, 0) is 31.8 Å².